The largest absolute Gasteiger partial charge is 0.464 e. The molecule has 1 heterocycles. The van der Waals surface area contributed by atoms with Crippen LogP contribution in [0.25, 0.3) is 11.0 Å². The van der Waals surface area contributed by atoms with E-state index in [1.807, 2.05) is 0 Å². The van der Waals surface area contributed by atoms with Gasteiger partial charge in [-0.25, -0.2) is 0 Å². The van der Waals surface area contributed by atoms with Gasteiger partial charge in [-0.1, -0.05) is 0 Å². The van der Waals surface area contributed by atoms with Crippen LogP contribution in [0.1, 0.15) is 5.56 Å². The molecule has 2 aromatic rings. The average molecular weight is 249 g/mol. The van der Waals surface area contributed by atoms with Gasteiger partial charge >= 0.3 is 0 Å². The Morgan fingerprint density at radius 3 is 2.60 bits per heavy atom. The summed E-state index contributed by atoms with van der Waals surface area (Å²) in [6.45, 7) is 1.81. The van der Waals surface area contributed by atoms with E-state index >= 15 is 0 Å². The summed E-state index contributed by atoms with van der Waals surface area (Å²) in [5.41, 5.74) is 1.44. The van der Waals surface area contributed by atoms with Gasteiger partial charge in [-0.15, -0.1) is 12.4 Å². The normalized spacial score (nSPS) is 11.3. The molecule has 0 atom stereocenters. The van der Waals surface area contributed by atoms with Gasteiger partial charge in [0.2, 0.25) is 0 Å². The third-order valence-corrected chi connectivity index (χ3v) is 2.89. The minimum atomic E-state index is -4.13. The lowest BCUT2D eigenvalue weighted by Gasteiger charge is -1.96. The van der Waals surface area contributed by atoms with E-state index in [-0.39, 0.29) is 17.3 Å². The zero-order chi connectivity index (χ0) is 10.3. The average Bonchev–Trinajstić information content (AvgIpc) is 2.46. The van der Waals surface area contributed by atoms with Gasteiger partial charge < -0.3 is 4.42 Å². The Labute approximate surface area is 93.1 Å². The van der Waals surface area contributed by atoms with Crippen molar-refractivity contribution in [3.8, 4) is 0 Å². The molecule has 0 spiro atoms. The minimum Gasteiger partial charge on any atom is -0.464 e. The van der Waals surface area contributed by atoms with Crippen molar-refractivity contribution in [2.24, 2.45) is 0 Å². The maximum Gasteiger partial charge on any atom is 0.294 e. The van der Waals surface area contributed by atoms with E-state index in [2.05, 4.69) is 0 Å². The van der Waals surface area contributed by atoms with Gasteiger partial charge in [0.05, 0.1) is 11.2 Å². The Kier molecular flexibility index (Phi) is 3.08. The first-order valence-electron chi connectivity index (χ1n) is 3.94. The molecule has 2 rings (SSSR count). The van der Waals surface area contributed by atoms with Gasteiger partial charge in [-0.3, -0.25) is 4.55 Å². The number of hydrogen-bond donors (Lipinski definition) is 1. The number of furan rings is 1. The van der Waals surface area contributed by atoms with Crippen LogP contribution in [0.3, 0.4) is 0 Å². The lowest BCUT2D eigenvalue weighted by molar-refractivity contribution is 0.483. The maximum absolute atomic E-state index is 10.8. The summed E-state index contributed by atoms with van der Waals surface area (Å²) in [4.78, 5) is -0.116. The smallest absolute Gasteiger partial charge is 0.294 e. The molecule has 0 radical (unpaired) electrons. The molecule has 0 aliphatic carbocycles. The molecular formula is C9H9ClO4S. The molecule has 0 saturated heterocycles. The van der Waals surface area contributed by atoms with Crippen LogP contribution in [-0.4, -0.2) is 13.0 Å². The fourth-order valence-electron chi connectivity index (χ4n) is 1.30. The number of rotatable bonds is 1. The molecule has 0 aliphatic rings. The molecule has 0 amide bonds. The predicted octanol–water partition coefficient (Wildman–Crippen LogP) is 2.41. The highest BCUT2D eigenvalue weighted by Gasteiger charge is 2.11. The SMILES string of the molecule is Cc1coc2ccc(S(=O)(=O)O)cc12.Cl. The molecular weight excluding hydrogens is 240 g/mol. The van der Waals surface area contributed by atoms with Crippen molar-refractivity contribution >= 4 is 33.5 Å². The number of benzene rings is 1. The van der Waals surface area contributed by atoms with Crippen LogP contribution in [0, 0.1) is 6.92 Å². The first-order chi connectivity index (χ1) is 6.48. The number of aryl methyl sites for hydroxylation is 1. The van der Waals surface area contributed by atoms with E-state index in [4.69, 9.17) is 8.97 Å². The van der Waals surface area contributed by atoms with Crippen molar-refractivity contribution in [1.82, 2.24) is 0 Å². The molecule has 0 bridgehead atoms. The van der Waals surface area contributed by atoms with Gasteiger partial charge in [-0.05, 0) is 30.7 Å². The minimum absolute atomic E-state index is 0. The van der Waals surface area contributed by atoms with E-state index < -0.39 is 10.1 Å². The highest BCUT2D eigenvalue weighted by Crippen LogP contribution is 2.23. The molecule has 1 aromatic heterocycles. The number of fused-ring (bicyclic) bond motifs is 1. The lowest BCUT2D eigenvalue weighted by Crippen LogP contribution is -1.97. The van der Waals surface area contributed by atoms with Gasteiger partial charge in [0.1, 0.15) is 5.58 Å². The first kappa shape index (κ1) is 12.0. The number of halogens is 1. The van der Waals surface area contributed by atoms with Crippen LogP contribution in [0.2, 0.25) is 0 Å². The summed E-state index contributed by atoms with van der Waals surface area (Å²) in [6, 6.07) is 4.22. The van der Waals surface area contributed by atoms with E-state index in [1.165, 1.54) is 18.2 Å². The van der Waals surface area contributed by atoms with E-state index in [0.29, 0.717) is 11.0 Å². The highest BCUT2D eigenvalue weighted by atomic mass is 35.5. The summed E-state index contributed by atoms with van der Waals surface area (Å²) >= 11 is 0. The third kappa shape index (κ3) is 2.14. The van der Waals surface area contributed by atoms with Crippen LogP contribution in [0.5, 0.6) is 0 Å². The second-order valence-corrected chi connectivity index (χ2v) is 4.47. The number of hydrogen-bond acceptors (Lipinski definition) is 3. The fourth-order valence-corrected chi connectivity index (χ4v) is 1.80. The molecule has 0 saturated carbocycles. The van der Waals surface area contributed by atoms with Crippen molar-refractivity contribution in [3.63, 3.8) is 0 Å². The Bertz CT molecular complexity index is 585. The van der Waals surface area contributed by atoms with Crippen molar-refractivity contribution in [2.45, 2.75) is 11.8 Å². The van der Waals surface area contributed by atoms with Gasteiger partial charge in [-0.2, -0.15) is 8.42 Å². The standard InChI is InChI=1S/C9H8O4S.ClH/c1-6-5-13-9-3-2-7(4-8(6)9)14(10,11)12;/h2-5H,1H3,(H,10,11,12);1H. The van der Waals surface area contributed by atoms with Crippen LogP contribution in [0.4, 0.5) is 0 Å². The second kappa shape index (κ2) is 3.84. The van der Waals surface area contributed by atoms with Gasteiger partial charge in [0.25, 0.3) is 10.1 Å². The topological polar surface area (TPSA) is 67.5 Å². The predicted molar refractivity (Wildman–Crippen MR) is 58.0 cm³/mol. The maximum atomic E-state index is 10.8. The Balaban J connectivity index is 0.00000112. The summed E-state index contributed by atoms with van der Waals surface area (Å²) < 4.78 is 35.6. The fraction of sp³-hybridized carbons (Fsp3) is 0.111. The molecule has 0 fully saturated rings. The van der Waals surface area contributed by atoms with E-state index in [1.54, 1.807) is 13.2 Å². The Morgan fingerprint density at radius 1 is 1.33 bits per heavy atom. The summed E-state index contributed by atoms with van der Waals surface area (Å²) in [5.74, 6) is 0. The molecule has 1 N–H and O–H groups in total. The molecule has 6 heteroatoms. The Morgan fingerprint density at radius 2 is 2.00 bits per heavy atom. The van der Waals surface area contributed by atoms with Gasteiger partial charge in [0, 0.05) is 5.39 Å². The molecule has 4 nitrogen and oxygen atoms in total. The quantitative estimate of drug-likeness (QED) is 0.787. The molecule has 82 valence electrons. The first-order valence-corrected chi connectivity index (χ1v) is 5.38. The van der Waals surface area contributed by atoms with Crippen molar-refractivity contribution in [2.75, 3.05) is 0 Å². The van der Waals surface area contributed by atoms with E-state index in [0.717, 1.165) is 5.56 Å². The summed E-state index contributed by atoms with van der Waals surface area (Å²) in [6.07, 6.45) is 1.54. The summed E-state index contributed by atoms with van der Waals surface area (Å²) in [5, 5.41) is 0.695. The molecule has 0 aliphatic heterocycles. The van der Waals surface area contributed by atoms with Crippen molar-refractivity contribution < 1.29 is 17.4 Å². The van der Waals surface area contributed by atoms with Crippen molar-refractivity contribution in [3.05, 3.63) is 30.0 Å². The zero-order valence-corrected chi connectivity index (χ0v) is 9.43. The molecule has 1 aromatic carbocycles. The van der Waals surface area contributed by atoms with Crippen LogP contribution >= 0.6 is 12.4 Å². The highest BCUT2D eigenvalue weighted by molar-refractivity contribution is 7.85. The third-order valence-electron chi connectivity index (χ3n) is 2.04. The van der Waals surface area contributed by atoms with Crippen LogP contribution < -0.4 is 0 Å². The molecule has 15 heavy (non-hydrogen) atoms. The van der Waals surface area contributed by atoms with Crippen molar-refractivity contribution in [1.29, 1.82) is 0 Å². The Hall–Kier alpha value is -1.04. The van der Waals surface area contributed by atoms with Crippen LogP contribution in [0.15, 0.2) is 33.8 Å². The summed E-state index contributed by atoms with van der Waals surface area (Å²) in [7, 11) is -4.13. The van der Waals surface area contributed by atoms with Gasteiger partial charge in [0.15, 0.2) is 0 Å². The van der Waals surface area contributed by atoms with Crippen LogP contribution in [-0.2, 0) is 10.1 Å². The lowest BCUT2D eigenvalue weighted by atomic mass is 10.2. The second-order valence-electron chi connectivity index (χ2n) is 3.05. The molecule has 0 unspecified atom stereocenters. The monoisotopic (exact) mass is 248 g/mol. The van der Waals surface area contributed by atoms with E-state index in [9.17, 15) is 8.42 Å². The zero-order valence-electron chi connectivity index (χ0n) is 7.80.